The summed E-state index contributed by atoms with van der Waals surface area (Å²) < 4.78 is 35.2. The molecule has 1 aliphatic heterocycles. The Bertz CT molecular complexity index is 1260. The second kappa shape index (κ2) is 14.3. The molecule has 1 aliphatic rings. The lowest BCUT2D eigenvalue weighted by Crippen LogP contribution is -2.32. The van der Waals surface area contributed by atoms with E-state index in [-0.39, 0.29) is 24.4 Å². The fourth-order valence-corrected chi connectivity index (χ4v) is 4.53. The van der Waals surface area contributed by atoms with Crippen LogP contribution in [0.2, 0.25) is 0 Å². The Morgan fingerprint density at radius 1 is 1.00 bits per heavy atom. The molecule has 1 saturated heterocycles. The Hall–Kier alpha value is -3.60. The van der Waals surface area contributed by atoms with Crippen LogP contribution in [0.3, 0.4) is 0 Å². The second-order valence-electron chi connectivity index (χ2n) is 10.9. The number of nitrogen functional groups attached to an aromatic ring is 2. The van der Waals surface area contributed by atoms with Crippen LogP contribution in [-0.4, -0.2) is 56.6 Å². The first-order valence-corrected chi connectivity index (χ1v) is 14.0. The van der Waals surface area contributed by atoms with Crippen LogP contribution in [0.4, 0.5) is 11.8 Å². The van der Waals surface area contributed by atoms with Crippen molar-refractivity contribution in [1.82, 2.24) is 9.97 Å². The van der Waals surface area contributed by atoms with E-state index in [2.05, 4.69) is 23.8 Å². The number of nitrogens with zero attached hydrogens (tertiary/aromatic N) is 2. The lowest BCUT2D eigenvalue weighted by atomic mass is 9.95. The van der Waals surface area contributed by atoms with Crippen LogP contribution in [0.25, 0.3) is 11.1 Å². The zero-order valence-electron chi connectivity index (χ0n) is 24.5. The standard InChI is InChI=1S/C31H42N4O6/c1-5-37-25-15-21(14-23-17-34-30(33)35-29(23)32)16-26(28(25)22-9-11-24(12-10-22)41-20-36-4)39-18-31(2,3)19-40-27-8-6-7-13-38-27/h9-12,15-17,27H,5-8,13-14,18-20H2,1-4H3,(H4,32,33,34,35). The molecule has 1 atom stereocenters. The van der Waals surface area contributed by atoms with E-state index in [1.165, 1.54) is 0 Å². The van der Waals surface area contributed by atoms with Crippen LogP contribution < -0.4 is 25.7 Å². The summed E-state index contributed by atoms with van der Waals surface area (Å²) in [6, 6.07) is 11.8. The van der Waals surface area contributed by atoms with E-state index in [0.29, 0.717) is 49.3 Å². The zero-order chi connectivity index (χ0) is 29.2. The van der Waals surface area contributed by atoms with Gasteiger partial charge >= 0.3 is 0 Å². The van der Waals surface area contributed by atoms with Crippen LogP contribution in [0.5, 0.6) is 17.2 Å². The largest absolute Gasteiger partial charge is 0.493 e. The minimum absolute atomic E-state index is 0.140. The summed E-state index contributed by atoms with van der Waals surface area (Å²) in [4.78, 5) is 8.23. The van der Waals surface area contributed by atoms with E-state index in [0.717, 1.165) is 48.1 Å². The molecule has 3 aromatic rings. The molecule has 41 heavy (non-hydrogen) atoms. The van der Waals surface area contributed by atoms with Gasteiger partial charge in [-0.15, -0.1) is 0 Å². The Balaban J connectivity index is 1.64. The molecule has 2 heterocycles. The van der Waals surface area contributed by atoms with E-state index < -0.39 is 0 Å². The van der Waals surface area contributed by atoms with E-state index in [9.17, 15) is 0 Å². The number of nitrogens with two attached hydrogens (primary N) is 2. The van der Waals surface area contributed by atoms with Crippen LogP contribution >= 0.6 is 0 Å². The van der Waals surface area contributed by atoms with Gasteiger partial charge in [0.05, 0.1) is 25.4 Å². The molecule has 0 saturated carbocycles. The highest BCUT2D eigenvalue weighted by molar-refractivity contribution is 5.78. The predicted molar refractivity (Wildman–Crippen MR) is 158 cm³/mol. The Morgan fingerprint density at radius 3 is 2.41 bits per heavy atom. The third-order valence-electron chi connectivity index (χ3n) is 6.64. The molecular formula is C31H42N4O6. The molecule has 0 radical (unpaired) electrons. The number of rotatable bonds is 14. The van der Waals surface area contributed by atoms with Crippen molar-refractivity contribution in [3.63, 3.8) is 0 Å². The first-order valence-electron chi connectivity index (χ1n) is 14.0. The average molecular weight is 567 g/mol. The summed E-state index contributed by atoms with van der Waals surface area (Å²) in [5, 5.41) is 0. The molecule has 10 heteroatoms. The normalized spacial score (nSPS) is 15.5. The van der Waals surface area contributed by atoms with Gasteiger partial charge in [-0.3, -0.25) is 0 Å². The number of ether oxygens (including phenoxy) is 6. The maximum atomic E-state index is 6.57. The van der Waals surface area contributed by atoms with Crippen molar-refractivity contribution in [2.24, 2.45) is 5.41 Å². The fraction of sp³-hybridized carbons (Fsp3) is 0.484. The quantitative estimate of drug-likeness (QED) is 0.250. The average Bonchev–Trinajstić information content (AvgIpc) is 2.96. The van der Waals surface area contributed by atoms with Crippen molar-refractivity contribution < 1.29 is 28.4 Å². The van der Waals surface area contributed by atoms with Gasteiger partial charge in [0.2, 0.25) is 5.95 Å². The van der Waals surface area contributed by atoms with Crippen molar-refractivity contribution >= 4 is 11.8 Å². The fourth-order valence-electron chi connectivity index (χ4n) is 4.53. The molecular weight excluding hydrogens is 524 g/mol. The maximum Gasteiger partial charge on any atom is 0.221 e. The number of hydrogen-bond donors (Lipinski definition) is 2. The third kappa shape index (κ3) is 8.69. The molecule has 10 nitrogen and oxygen atoms in total. The molecule has 1 unspecified atom stereocenters. The summed E-state index contributed by atoms with van der Waals surface area (Å²) >= 11 is 0. The van der Waals surface area contributed by atoms with Crippen molar-refractivity contribution in [2.75, 3.05) is 51.8 Å². The minimum Gasteiger partial charge on any atom is -0.493 e. The zero-order valence-corrected chi connectivity index (χ0v) is 24.5. The predicted octanol–water partition coefficient (Wildman–Crippen LogP) is 5.23. The van der Waals surface area contributed by atoms with Crippen molar-refractivity contribution in [3.8, 4) is 28.4 Å². The van der Waals surface area contributed by atoms with Gasteiger partial charge < -0.3 is 39.9 Å². The van der Waals surface area contributed by atoms with Gasteiger partial charge in [0.1, 0.15) is 23.1 Å². The highest BCUT2D eigenvalue weighted by atomic mass is 16.7. The van der Waals surface area contributed by atoms with Gasteiger partial charge in [0, 0.05) is 37.3 Å². The van der Waals surface area contributed by atoms with Gasteiger partial charge in [0.15, 0.2) is 13.1 Å². The van der Waals surface area contributed by atoms with Crippen molar-refractivity contribution in [1.29, 1.82) is 0 Å². The maximum absolute atomic E-state index is 6.57. The summed E-state index contributed by atoms with van der Waals surface area (Å²) in [6.07, 6.45) is 5.11. The highest BCUT2D eigenvalue weighted by Crippen LogP contribution is 2.42. The first kappa shape index (κ1) is 30.4. The van der Waals surface area contributed by atoms with Crippen molar-refractivity contribution in [2.45, 2.75) is 52.7 Å². The molecule has 4 rings (SSSR count). The number of anilines is 2. The number of methoxy groups -OCH3 is 1. The molecule has 0 bridgehead atoms. The van der Waals surface area contributed by atoms with Gasteiger partial charge in [-0.2, -0.15) is 4.98 Å². The minimum atomic E-state index is -0.271. The Kier molecular flexibility index (Phi) is 10.6. The summed E-state index contributed by atoms with van der Waals surface area (Å²) in [5.74, 6) is 2.58. The lowest BCUT2D eigenvalue weighted by molar-refractivity contribution is -0.178. The van der Waals surface area contributed by atoms with E-state index >= 15 is 0 Å². The Morgan fingerprint density at radius 2 is 1.76 bits per heavy atom. The van der Waals surface area contributed by atoms with Crippen LogP contribution in [-0.2, 0) is 20.6 Å². The molecule has 1 fully saturated rings. The highest BCUT2D eigenvalue weighted by Gasteiger charge is 2.25. The smallest absolute Gasteiger partial charge is 0.221 e. The van der Waals surface area contributed by atoms with E-state index in [4.69, 9.17) is 39.9 Å². The number of aromatic nitrogens is 2. The monoisotopic (exact) mass is 566 g/mol. The van der Waals surface area contributed by atoms with Crippen LogP contribution in [0.15, 0.2) is 42.6 Å². The second-order valence-corrected chi connectivity index (χ2v) is 10.9. The van der Waals surface area contributed by atoms with E-state index in [1.807, 2.05) is 43.3 Å². The lowest BCUT2D eigenvalue weighted by Gasteiger charge is -2.30. The van der Waals surface area contributed by atoms with Gasteiger partial charge in [0.25, 0.3) is 0 Å². The van der Waals surface area contributed by atoms with Gasteiger partial charge in [-0.25, -0.2) is 4.98 Å². The molecule has 1 aromatic heterocycles. The third-order valence-corrected chi connectivity index (χ3v) is 6.64. The van der Waals surface area contributed by atoms with E-state index in [1.54, 1.807) is 13.3 Å². The topological polar surface area (TPSA) is 133 Å². The molecule has 0 amide bonds. The van der Waals surface area contributed by atoms with Gasteiger partial charge in [-0.05, 0) is 61.6 Å². The van der Waals surface area contributed by atoms with Crippen LogP contribution in [0.1, 0.15) is 51.2 Å². The molecule has 0 spiro atoms. The summed E-state index contributed by atoms with van der Waals surface area (Å²) in [7, 11) is 1.59. The number of hydrogen-bond acceptors (Lipinski definition) is 10. The number of benzene rings is 2. The summed E-state index contributed by atoms with van der Waals surface area (Å²) in [5.41, 5.74) is 15.1. The summed E-state index contributed by atoms with van der Waals surface area (Å²) in [6.45, 7) is 8.54. The molecule has 2 aromatic carbocycles. The molecule has 4 N–H and O–H groups in total. The van der Waals surface area contributed by atoms with Crippen LogP contribution in [0, 0.1) is 5.41 Å². The first-order chi connectivity index (χ1) is 19.8. The molecule has 0 aliphatic carbocycles. The van der Waals surface area contributed by atoms with Crippen molar-refractivity contribution in [3.05, 3.63) is 53.7 Å². The molecule has 222 valence electrons. The Labute approximate surface area is 242 Å². The van der Waals surface area contributed by atoms with Gasteiger partial charge in [-0.1, -0.05) is 26.0 Å². The SMILES string of the molecule is CCOc1cc(Cc2cnc(N)nc2N)cc(OCC(C)(C)COC2CCCCO2)c1-c1ccc(OCOC)cc1.